The van der Waals surface area contributed by atoms with Gasteiger partial charge in [0.15, 0.2) is 5.78 Å². The number of hydrogen-bond donors (Lipinski definition) is 0. The van der Waals surface area contributed by atoms with Gasteiger partial charge in [0.2, 0.25) is 0 Å². The van der Waals surface area contributed by atoms with Crippen LogP contribution in [0, 0.1) is 5.82 Å². The molecule has 30 heavy (non-hydrogen) atoms. The number of halogens is 1. The average molecular weight is 406 g/mol. The minimum absolute atomic E-state index is 0.171. The maximum absolute atomic E-state index is 12.9. The molecule has 5 nitrogen and oxygen atoms in total. The van der Waals surface area contributed by atoms with Gasteiger partial charge in [0.05, 0.1) is 14.2 Å². The monoisotopic (exact) mass is 406 g/mol. The van der Waals surface area contributed by atoms with Gasteiger partial charge < -0.3 is 14.2 Å². The Morgan fingerprint density at radius 1 is 0.833 bits per heavy atom. The van der Waals surface area contributed by atoms with Crippen LogP contribution in [-0.4, -0.2) is 26.0 Å². The number of carbonyl (C=O) groups is 2. The Balaban J connectivity index is 1.71. The van der Waals surface area contributed by atoms with Crippen molar-refractivity contribution >= 4 is 17.8 Å². The van der Waals surface area contributed by atoms with Crippen molar-refractivity contribution < 1.29 is 28.2 Å². The van der Waals surface area contributed by atoms with Gasteiger partial charge >= 0.3 is 5.97 Å². The molecule has 0 amide bonds. The highest BCUT2D eigenvalue weighted by Crippen LogP contribution is 2.29. The SMILES string of the molecule is COc1cccc(OC)c1C(=O)Oc1ccc(C(=O)C=Cc2ccc(F)cc2)cc1. The van der Waals surface area contributed by atoms with E-state index in [0.29, 0.717) is 22.6 Å². The van der Waals surface area contributed by atoms with Gasteiger partial charge in [-0.15, -0.1) is 0 Å². The third-order valence-electron chi connectivity index (χ3n) is 4.28. The van der Waals surface area contributed by atoms with Crippen LogP contribution in [0.5, 0.6) is 17.2 Å². The Hall–Kier alpha value is -3.93. The molecule has 0 saturated carbocycles. The number of carbonyl (C=O) groups excluding carboxylic acids is 2. The topological polar surface area (TPSA) is 61.8 Å². The van der Waals surface area contributed by atoms with Crippen LogP contribution in [0.3, 0.4) is 0 Å². The first-order valence-electron chi connectivity index (χ1n) is 9.03. The van der Waals surface area contributed by atoms with Crippen molar-refractivity contribution in [2.75, 3.05) is 14.2 Å². The summed E-state index contributed by atoms with van der Waals surface area (Å²) in [6.07, 6.45) is 3.00. The zero-order valence-corrected chi connectivity index (χ0v) is 16.4. The van der Waals surface area contributed by atoms with E-state index in [4.69, 9.17) is 14.2 Å². The molecule has 3 aromatic rings. The van der Waals surface area contributed by atoms with Gasteiger partial charge in [0.25, 0.3) is 0 Å². The third-order valence-corrected chi connectivity index (χ3v) is 4.28. The van der Waals surface area contributed by atoms with Crippen molar-refractivity contribution in [3.05, 3.63) is 95.3 Å². The molecule has 0 aliphatic carbocycles. The fraction of sp³-hybridized carbons (Fsp3) is 0.0833. The van der Waals surface area contributed by atoms with Gasteiger partial charge in [-0.2, -0.15) is 0 Å². The Labute approximate surface area is 173 Å². The molecule has 0 spiro atoms. The highest BCUT2D eigenvalue weighted by molar-refractivity contribution is 6.07. The van der Waals surface area contributed by atoms with Gasteiger partial charge in [0, 0.05) is 5.56 Å². The predicted molar refractivity (Wildman–Crippen MR) is 111 cm³/mol. The number of hydrogen-bond acceptors (Lipinski definition) is 5. The molecular weight excluding hydrogens is 387 g/mol. The summed E-state index contributed by atoms with van der Waals surface area (Å²) in [5.74, 6) is -0.279. The van der Waals surface area contributed by atoms with Crippen molar-refractivity contribution in [1.29, 1.82) is 0 Å². The van der Waals surface area contributed by atoms with Crippen LogP contribution in [0.4, 0.5) is 4.39 Å². The van der Waals surface area contributed by atoms with Crippen LogP contribution in [0.2, 0.25) is 0 Å². The summed E-state index contributed by atoms with van der Waals surface area (Å²) in [5.41, 5.74) is 1.30. The summed E-state index contributed by atoms with van der Waals surface area (Å²) < 4.78 is 28.8. The molecule has 0 unspecified atom stereocenters. The second-order valence-corrected chi connectivity index (χ2v) is 6.20. The van der Waals surface area contributed by atoms with E-state index in [1.165, 1.54) is 44.6 Å². The molecule has 0 radical (unpaired) electrons. The van der Waals surface area contributed by atoms with Crippen molar-refractivity contribution in [3.63, 3.8) is 0 Å². The Morgan fingerprint density at radius 2 is 1.43 bits per heavy atom. The van der Waals surface area contributed by atoms with Gasteiger partial charge in [-0.1, -0.05) is 24.3 Å². The number of allylic oxidation sites excluding steroid dienone is 1. The molecule has 0 N–H and O–H groups in total. The molecule has 0 heterocycles. The van der Waals surface area contributed by atoms with Crippen LogP contribution >= 0.6 is 0 Å². The maximum atomic E-state index is 12.9. The van der Waals surface area contributed by atoms with Crippen LogP contribution in [-0.2, 0) is 0 Å². The lowest BCUT2D eigenvalue weighted by Gasteiger charge is -2.12. The van der Waals surface area contributed by atoms with Gasteiger partial charge in [-0.25, -0.2) is 9.18 Å². The summed E-state index contributed by atoms with van der Waals surface area (Å²) in [4.78, 5) is 24.9. The molecule has 152 valence electrons. The minimum Gasteiger partial charge on any atom is -0.496 e. The predicted octanol–water partition coefficient (Wildman–Crippen LogP) is 4.96. The summed E-state index contributed by atoms with van der Waals surface area (Å²) in [6.45, 7) is 0. The number of methoxy groups -OCH3 is 2. The summed E-state index contributed by atoms with van der Waals surface area (Å²) in [7, 11) is 2.90. The van der Waals surface area contributed by atoms with Crippen molar-refractivity contribution in [3.8, 4) is 17.2 Å². The first kappa shape index (κ1) is 20.8. The molecule has 0 aromatic heterocycles. The van der Waals surface area contributed by atoms with Gasteiger partial charge in [-0.3, -0.25) is 4.79 Å². The Kier molecular flexibility index (Phi) is 6.60. The van der Waals surface area contributed by atoms with Gasteiger partial charge in [-0.05, 0) is 60.2 Å². The second kappa shape index (κ2) is 9.52. The van der Waals surface area contributed by atoms with Gasteiger partial charge in [0.1, 0.15) is 28.6 Å². The first-order chi connectivity index (χ1) is 14.5. The first-order valence-corrected chi connectivity index (χ1v) is 9.03. The summed E-state index contributed by atoms with van der Waals surface area (Å²) in [5, 5.41) is 0. The standard InChI is InChI=1S/C24H19FO5/c1-28-21-4-3-5-22(29-2)23(21)24(27)30-19-13-9-17(10-14-19)20(26)15-8-16-6-11-18(25)12-7-16/h3-15H,1-2H3. The Bertz CT molecular complexity index is 1050. The molecule has 0 atom stereocenters. The van der Waals surface area contributed by atoms with E-state index in [1.807, 2.05) is 0 Å². The van der Waals surface area contributed by atoms with Crippen molar-refractivity contribution in [2.45, 2.75) is 0 Å². The van der Waals surface area contributed by atoms with E-state index >= 15 is 0 Å². The highest BCUT2D eigenvalue weighted by atomic mass is 19.1. The Morgan fingerprint density at radius 3 is 2.00 bits per heavy atom. The molecule has 3 rings (SSSR count). The lowest BCUT2D eigenvalue weighted by molar-refractivity contribution is 0.0727. The van der Waals surface area contributed by atoms with Crippen LogP contribution < -0.4 is 14.2 Å². The number of ketones is 1. The number of benzene rings is 3. The average Bonchev–Trinajstić information content (AvgIpc) is 2.78. The zero-order chi connectivity index (χ0) is 21.5. The fourth-order valence-corrected chi connectivity index (χ4v) is 2.74. The normalized spacial score (nSPS) is 10.6. The van der Waals surface area contributed by atoms with Crippen molar-refractivity contribution in [1.82, 2.24) is 0 Å². The number of esters is 1. The molecule has 6 heteroatoms. The molecule has 0 aliphatic heterocycles. The van der Waals surface area contributed by atoms with E-state index in [9.17, 15) is 14.0 Å². The fourth-order valence-electron chi connectivity index (χ4n) is 2.74. The van der Waals surface area contributed by atoms with Crippen molar-refractivity contribution in [2.24, 2.45) is 0 Å². The van der Waals surface area contributed by atoms with E-state index in [1.54, 1.807) is 48.5 Å². The van der Waals surface area contributed by atoms with E-state index < -0.39 is 5.97 Å². The lowest BCUT2D eigenvalue weighted by atomic mass is 10.1. The molecule has 0 bridgehead atoms. The zero-order valence-electron chi connectivity index (χ0n) is 16.4. The smallest absolute Gasteiger partial charge is 0.351 e. The quantitative estimate of drug-likeness (QED) is 0.240. The molecular formula is C24H19FO5. The molecule has 0 fully saturated rings. The minimum atomic E-state index is -0.639. The van der Waals surface area contributed by atoms with Crippen LogP contribution in [0.1, 0.15) is 26.3 Å². The number of ether oxygens (including phenoxy) is 3. The lowest BCUT2D eigenvalue weighted by Crippen LogP contribution is -2.12. The summed E-state index contributed by atoms with van der Waals surface area (Å²) in [6, 6.07) is 16.9. The summed E-state index contributed by atoms with van der Waals surface area (Å²) >= 11 is 0. The van der Waals surface area contributed by atoms with Crippen LogP contribution in [0.25, 0.3) is 6.08 Å². The van der Waals surface area contributed by atoms with E-state index in [0.717, 1.165) is 0 Å². The second-order valence-electron chi connectivity index (χ2n) is 6.20. The maximum Gasteiger partial charge on any atom is 0.351 e. The number of rotatable bonds is 7. The van der Waals surface area contributed by atoms with Crippen LogP contribution in [0.15, 0.2) is 72.8 Å². The molecule has 0 saturated heterocycles. The van der Waals surface area contributed by atoms with E-state index in [-0.39, 0.29) is 22.9 Å². The largest absolute Gasteiger partial charge is 0.496 e. The molecule has 3 aromatic carbocycles. The highest BCUT2D eigenvalue weighted by Gasteiger charge is 2.20. The third kappa shape index (κ3) is 4.91. The van der Waals surface area contributed by atoms with E-state index in [2.05, 4.69) is 0 Å². The molecule has 0 aliphatic rings.